The van der Waals surface area contributed by atoms with Gasteiger partial charge in [0.2, 0.25) is 0 Å². The number of nitrogens with zero attached hydrogens (tertiary/aromatic N) is 1. The predicted octanol–water partition coefficient (Wildman–Crippen LogP) is 4.52. The van der Waals surface area contributed by atoms with E-state index in [-0.39, 0.29) is 5.78 Å². The van der Waals surface area contributed by atoms with Crippen molar-refractivity contribution in [3.63, 3.8) is 0 Å². The zero-order valence-corrected chi connectivity index (χ0v) is 12.9. The van der Waals surface area contributed by atoms with Crippen molar-refractivity contribution >= 4 is 28.2 Å². The number of halogens is 1. The summed E-state index contributed by atoms with van der Waals surface area (Å²) >= 11 is 6.07. The first-order valence-corrected chi connectivity index (χ1v) is 6.99. The molecule has 1 heterocycles. The van der Waals surface area contributed by atoms with Crippen LogP contribution >= 0.6 is 11.6 Å². The minimum absolute atomic E-state index is 0.0290. The van der Waals surface area contributed by atoms with Gasteiger partial charge < -0.3 is 4.74 Å². The summed E-state index contributed by atoms with van der Waals surface area (Å²) < 4.78 is 5.60. The van der Waals surface area contributed by atoms with Gasteiger partial charge in [-0.3, -0.25) is 4.79 Å². The lowest BCUT2D eigenvalue weighted by atomic mass is 9.87. The van der Waals surface area contributed by atoms with E-state index in [9.17, 15) is 4.79 Å². The van der Waals surface area contributed by atoms with Gasteiger partial charge in [0.1, 0.15) is 16.6 Å². The summed E-state index contributed by atoms with van der Waals surface area (Å²) in [5, 5.41) is 1.90. The molecule has 20 heavy (non-hydrogen) atoms. The van der Waals surface area contributed by atoms with Gasteiger partial charge in [-0.2, -0.15) is 0 Å². The van der Waals surface area contributed by atoms with Crippen molar-refractivity contribution in [2.45, 2.75) is 27.7 Å². The molecule has 2 aromatic rings. The maximum atomic E-state index is 12.5. The number of Topliss-reactive ketones (excluding diaryl/α,β-unsaturated/α-hetero) is 1. The standard InChI is InChI=1S/C16H18ClNO2/c1-5-20-12-8-6-7-10-11(12)9-13(17)18-14(10)15(19)16(2,3)4/h6-9H,5H2,1-4H3. The Kier molecular flexibility index (Phi) is 4.00. The highest BCUT2D eigenvalue weighted by Gasteiger charge is 2.26. The van der Waals surface area contributed by atoms with Gasteiger partial charge in [-0.15, -0.1) is 0 Å². The van der Waals surface area contributed by atoms with E-state index in [0.29, 0.717) is 17.5 Å². The van der Waals surface area contributed by atoms with Crippen LogP contribution in [0.15, 0.2) is 24.3 Å². The number of pyridine rings is 1. The maximum absolute atomic E-state index is 12.5. The molecule has 0 radical (unpaired) electrons. The Balaban J connectivity index is 2.73. The minimum Gasteiger partial charge on any atom is -0.493 e. The Hall–Kier alpha value is -1.61. The molecule has 0 saturated carbocycles. The van der Waals surface area contributed by atoms with Crippen LogP contribution in [0.1, 0.15) is 38.2 Å². The molecule has 1 aromatic carbocycles. The molecule has 0 saturated heterocycles. The molecule has 0 atom stereocenters. The lowest BCUT2D eigenvalue weighted by molar-refractivity contribution is 0.0855. The van der Waals surface area contributed by atoms with Crippen molar-refractivity contribution in [1.29, 1.82) is 0 Å². The van der Waals surface area contributed by atoms with E-state index in [1.54, 1.807) is 6.07 Å². The molecule has 0 N–H and O–H groups in total. The lowest BCUT2D eigenvalue weighted by Gasteiger charge is -2.18. The van der Waals surface area contributed by atoms with Crippen molar-refractivity contribution in [3.05, 3.63) is 35.1 Å². The van der Waals surface area contributed by atoms with Crippen LogP contribution in [0, 0.1) is 5.41 Å². The quantitative estimate of drug-likeness (QED) is 0.617. The maximum Gasteiger partial charge on any atom is 0.187 e. The van der Waals surface area contributed by atoms with Gasteiger partial charge in [0, 0.05) is 16.2 Å². The van der Waals surface area contributed by atoms with Gasteiger partial charge in [0.25, 0.3) is 0 Å². The highest BCUT2D eigenvalue weighted by atomic mass is 35.5. The fourth-order valence-electron chi connectivity index (χ4n) is 2.03. The monoisotopic (exact) mass is 291 g/mol. The molecule has 3 nitrogen and oxygen atoms in total. The van der Waals surface area contributed by atoms with E-state index in [2.05, 4.69) is 4.98 Å². The van der Waals surface area contributed by atoms with E-state index in [1.165, 1.54) is 0 Å². The molecule has 0 aliphatic rings. The highest BCUT2D eigenvalue weighted by Crippen LogP contribution is 2.32. The molecule has 2 rings (SSSR count). The SMILES string of the molecule is CCOc1cccc2c(C(=O)C(C)(C)C)nc(Cl)cc12. The summed E-state index contributed by atoms with van der Waals surface area (Å²) in [6, 6.07) is 7.34. The van der Waals surface area contributed by atoms with Crippen LogP contribution in [0.3, 0.4) is 0 Å². The largest absolute Gasteiger partial charge is 0.493 e. The van der Waals surface area contributed by atoms with Crippen LogP contribution in [-0.2, 0) is 0 Å². The molecule has 0 aliphatic carbocycles. The van der Waals surface area contributed by atoms with Gasteiger partial charge in [0.15, 0.2) is 5.78 Å². The number of hydrogen-bond donors (Lipinski definition) is 0. The second-order valence-electron chi connectivity index (χ2n) is 5.66. The van der Waals surface area contributed by atoms with Crippen LogP contribution in [0.2, 0.25) is 5.15 Å². The van der Waals surface area contributed by atoms with E-state index < -0.39 is 5.41 Å². The molecule has 0 unspecified atom stereocenters. The number of benzene rings is 1. The molecule has 0 spiro atoms. The second-order valence-corrected chi connectivity index (χ2v) is 6.04. The van der Waals surface area contributed by atoms with E-state index in [1.807, 2.05) is 45.9 Å². The zero-order chi connectivity index (χ0) is 14.9. The molecular formula is C16H18ClNO2. The van der Waals surface area contributed by atoms with Crippen LogP contribution in [0.25, 0.3) is 10.8 Å². The summed E-state index contributed by atoms with van der Waals surface area (Å²) in [5.41, 5.74) is -0.103. The van der Waals surface area contributed by atoms with E-state index >= 15 is 0 Å². The van der Waals surface area contributed by atoms with Crippen molar-refractivity contribution in [2.75, 3.05) is 6.61 Å². The Morgan fingerprint density at radius 1 is 1.30 bits per heavy atom. The van der Waals surface area contributed by atoms with Gasteiger partial charge in [-0.1, -0.05) is 44.5 Å². The normalized spacial score (nSPS) is 11.7. The van der Waals surface area contributed by atoms with Gasteiger partial charge >= 0.3 is 0 Å². The van der Waals surface area contributed by atoms with Crippen molar-refractivity contribution in [2.24, 2.45) is 5.41 Å². The van der Waals surface area contributed by atoms with Crippen LogP contribution < -0.4 is 4.74 Å². The number of aromatic nitrogens is 1. The number of hydrogen-bond acceptors (Lipinski definition) is 3. The first-order valence-electron chi connectivity index (χ1n) is 6.61. The van der Waals surface area contributed by atoms with Gasteiger partial charge in [-0.25, -0.2) is 4.98 Å². The Bertz CT molecular complexity index is 659. The third-order valence-corrected chi connectivity index (χ3v) is 3.19. The number of rotatable bonds is 3. The molecular weight excluding hydrogens is 274 g/mol. The Morgan fingerprint density at radius 2 is 2.00 bits per heavy atom. The van der Waals surface area contributed by atoms with Crippen LogP contribution in [0.4, 0.5) is 0 Å². The summed E-state index contributed by atoms with van der Waals surface area (Å²) in [6.45, 7) is 8.09. The number of ether oxygens (including phenoxy) is 1. The number of carbonyl (C=O) groups excluding carboxylic acids is 1. The Morgan fingerprint density at radius 3 is 2.60 bits per heavy atom. The summed E-state index contributed by atoms with van der Waals surface area (Å²) in [7, 11) is 0. The summed E-state index contributed by atoms with van der Waals surface area (Å²) in [4.78, 5) is 16.8. The topological polar surface area (TPSA) is 39.2 Å². The fourth-order valence-corrected chi connectivity index (χ4v) is 2.22. The average Bonchev–Trinajstić information content (AvgIpc) is 2.37. The van der Waals surface area contributed by atoms with Crippen molar-refractivity contribution < 1.29 is 9.53 Å². The number of fused-ring (bicyclic) bond motifs is 1. The molecule has 0 aliphatic heterocycles. The number of ketones is 1. The second kappa shape index (κ2) is 5.41. The molecule has 4 heteroatoms. The van der Waals surface area contributed by atoms with Gasteiger partial charge in [0.05, 0.1) is 6.61 Å². The van der Waals surface area contributed by atoms with E-state index in [4.69, 9.17) is 16.3 Å². The van der Waals surface area contributed by atoms with Crippen molar-refractivity contribution in [3.8, 4) is 5.75 Å². The van der Waals surface area contributed by atoms with Crippen molar-refractivity contribution in [1.82, 2.24) is 4.98 Å². The summed E-state index contributed by atoms with van der Waals surface area (Å²) in [5.74, 6) is 0.691. The van der Waals surface area contributed by atoms with Crippen LogP contribution in [0.5, 0.6) is 5.75 Å². The summed E-state index contributed by atoms with van der Waals surface area (Å²) in [6.07, 6.45) is 0. The molecule has 0 amide bonds. The first-order chi connectivity index (χ1) is 9.34. The fraction of sp³-hybridized carbons (Fsp3) is 0.375. The number of carbonyl (C=O) groups is 1. The molecule has 0 bridgehead atoms. The average molecular weight is 292 g/mol. The Labute approximate surface area is 123 Å². The third-order valence-electron chi connectivity index (χ3n) is 3.00. The third kappa shape index (κ3) is 2.78. The van der Waals surface area contributed by atoms with E-state index in [0.717, 1.165) is 16.5 Å². The highest BCUT2D eigenvalue weighted by molar-refractivity contribution is 6.30. The predicted molar refractivity (Wildman–Crippen MR) is 81.7 cm³/mol. The molecule has 0 fully saturated rings. The minimum atomic E-state index is -0.508. The molecule has 106 valence electrons. The van der Waals surface area contributed by atoms with Crippen LogP contribution in [-0.4, -0.2) is 17.4 Å². The van der Waals surface area contributed by atoms with Gasteiger partial charge in [-0.05, 0) is 19.1 Å². The smallest absolute Gasteiger partial charge is 0.187 e. The molecule has 1 aromatic heterocycles. The first kappa shape index (κ1) is 14.8. The zero-order valence-electron chi connectivity index (χ0n) is 12.2. The lowest BCUT2D eigenvalue weighted by Crippen LogP contribution is -2.21.